The van der Waals surface area contributed by atoms with Gasteiger partial charge in [-0.3, -0.25) is 9.69 Å². The number of ether oxygens (including phenoxy) is 2. The maximum Gasteiger partial charge on any atom is 0.192 e. The molecule has 174 valence electrons. The second-order valence-corrected chi connectivity index (χ2v) is 8.82. The van der Waals surface area contributed by atoms with Crippen LogP contribution in [-0.4, -0.2) is 49.3 Å². The first kappa shape index (κ1) is 22.4. The van der Waals surface area contributed by atoms with Gasteiger partial charge in [0, 0.05) is 36.1 Å². The number of aromatic nitrogens is 1. The number of pyridine rings is 1. The summed E-state index contributed by atoms with van der Waals surface area (Å²) in [4.78, 5) is 18.6. The number of aromatic amines is 1. The predicted molar refractivity (Wildman–Crippen MR) is 137 cm³/mol. The number of benzene rings is 3. The minimum absolute atomic E-state index is 0.0840. The normalized spacial score (nSPS) is 14.4. The number of para-hydroxylation sites is 1. The Morgan fingerprint density at radius 2 is 1.59 bits per heavy atom. The van der Waals surface area contributed by atoms with Gasteiger partial charge in [-0.15, -0.1) is 0 Å². The summed E-state index contributed by atoms with van der Waals surface area (Å²) in [6.07, 6.45) is 0.849. The lowest BCUT2D eigenvalue weighted by Gasteiger charge is -2.26. The van der Waals surface area contributed by atoms with Gasteiger partial charge in [-0.05, 0) is 54.3 Å². The first-order valence-corrected chi connectivity index (χ1v) is 11.9. The fourth-order valence-corrected chi connectivity index (χ4v) is 4.47. The molecule has 1 N–H and O–H groups in total. The first-order chi connectivity index (χ1) is 16.7. The summed E-state index contributed by atoms with van der Waals surface area (Å²) in [5.41, 5.74) is 6.07. The molecule has 0 aliphatic carbocycles. The van der Waals surface area contributed by atoms with Crippen molar-refractivity contribution in [3.8, 4) is 17.0 Å². The number of nitrogens with zero attached hydrogens (tertiary/aromatic N) is 1. The zero-order chi connectivity index (χ0) is 23.3. The predicted octanol–water partition coefficient (Wildman–Crippen LogP) is 4.81. The summed E-state index contributed by atoms with van der Waals surface area (Å²) in [5.74, 6) is 0.906. The SMILES string of the molecule is Cc1c(-c2ccc(Cc3ccc(OCCN4CCOCC4)cc3)cc2)[nH]c2ccccc2c1=O. The van der Waals surface area contributed by atoms with Crippen LogP contribution in [0.3, 0.4) is 0 Å². The van der Waals surface area contributed by atoms with Gasteiger partial charge in [0.2, 0.25) is 0 Å². The molecule has 5 heteroatoms. The molecule has 1 saturated heterocycles. The van der Waals surface area contributed by atoms with Gasteiger partial charge in [-0.1, -0.05) is 48.5 Å². The monoisotopic (exact) mass is 454 g/mol. The molecule has 2 heterocycles. The van der Waals surface area contributed by atoms with Crippen molar-refractivity contribution in [1.82, 2.24) is 9.88 Å². The Balaban J connectivity index is 1.22. The van der Waals surface area contributed by atoms with Gasteiger partial charge < -0.3 is 14.5 Å². The maximum atomic E-state index is 12.8. The van der Waals surface area contributed by atoms with Crippen molar-refractivity contribution in [2.24, 2.45) is 0 Å². The Labute approximate surface area is 200 Å². The molecule has 0 spiro atoms. The van der Waals surface area contributed by atoms with Crippen molar-refractivity contribution in [2.45, 2.75) is 13.3 Å². The van der Waals surface area contributed by atoms with Crippen molar-refractivity contribution in [2.75, 3.05) is 39.5 Å². The van der Waals surface area contributed by atoms with E-state index in [0.717, 1.165) is 72.7 Å². The molecule has 5 rings (SSSR count). The molecule has 0 radical (unpaired) electrons. The number of nitrogens with one attached hydrogen (secondary N) is 1. The van der Waals surface area contributed by atoms with Crippen LogP contribution in [0.25, 0.3) is 22.2 Å². The van der Waals surface area contributed by atoms with Crippen LogP contribution in [0, 0.1) is 6.92 Å². The lowest BCUT2D eigenvalue weighted by molar-refractivity contribution is 0.0322. The van der Waals surface area contributed by atoms with E-state index in [-0.39, 0.29) is 5.43 Å². The molecular formula is C29H30N2O3. The van der Waals surface area contributed by atoms with Gasteiger partial charge in [0.05, 0.1) is 18.9 Å². The molecular weight excluding hydrogens is 424 g/mol. The number of H-pyrrole nitrogens is 1. The molecule has 0 unspecified atom stereocenters. The standard InChI is InChI=1S/C29H30N2O3/c1-21-28(30-27-5-3-2-4-26(27)29(21)32)24-10-6-22(7-11-24)20-23-8-12-25(13-9-23)34-19-16-31-14-17-33-18-15-31/h2-13H,14-20H2,1H3,(H,30,32). The third-order valence-corrected chi connectivity index (χ3v) is 6.50. The fraction of sp³-hybridized carbons (Fsp3) is 0.276. The van der Waals surface area contributed by atoms with E-state index in [4.69, 9.17) is 9.47 Å². The Morgan fingerprint density at radius 1 is 0.912 bits per heavy atom. The van der Waals surface area contributed by atoms with Crippen LogP contribution in [-0.2, 0) is 11.2 Å². The minimum atomic E-state index is 0.0840. The topological polar surface area (TPSA) is 54.6 Å². The highest BCUT2D eigenvalue weighted by Gasteiger charge is 2.11. The number of rotatable bonds is 7. The molecule has 34 heavy (non-hydrogen) atoms. The van der Waals surface area contributed by atoms with E-state index in [1.54, 1.807) is 0 Å². The molecule has 1 aliphatic heterocycles. The summed E-state index contributed by atoms with van der Waals surface area (Å²) >= 11 is 0. The summed E-state index contributed by atoms with van der Waals surface area (Å²) in [6, 6.07) is 24.5. The van der Waals surface area contributed by atoms with Crippen LogP contribution in [0.15, 0.2) is 77.6 Å². The molecule has 3 aromatic carbocycles. The minimum Gasteiger partial charge on any atom is -0.492 e. The summed E-state index contributed by atoms with van der Waals surface area (Å²) in [5, 5.41) is 0.730. The average molecular weight is 455 g/mol. The van der Waals surface area contributed by atoms with Crippen molar-refractivity contribution in [3.05, 3.63) is 99.7 Å². The third kappa shape index (κ3) is 5.06. The molecule has 4 aromatic rings. The smallest absolute Gasteiger partial charge is 0.192 e. The van der Waals surface area contributed by atoms with E-state index in [1.165, 1.54) is 11.1 Å². The van der Waals surface area contributed by atoms with Crippen molar-refractivity contribution < 1.29 is 9.47 Å². The lowest BCUT2D eigenvalue weighted by atomic mass is 10.00. The average Bonchev–Trinajstić information content (AvgIpc) is 2.88. The van der Waals surface area contributed by atoms with Crippen molar-refractivity contribution in [1.29, 1.82) is 0 Å². The van der Waals surface area contributed by atoms with Crippen LogP contribution in [0.4, 0.5) is 0 Å². The molecule has 0 bridgehead atoms. The van der Waals surface area contributed by atoms with E-state index in [9.17, 15) is 4.79 Å². The van der Waals surface area contributed by atoms with Crippen LogP contribution < -0.4 is 10.2 Å². The quantitative estimate of drug-likeness (QED) is 0.436. The van der Waals surface area contributed by atoms with Crippen molar-refractivity contribution in [3.63, 3.8) is 0 Å². The molecule has 0 atom stereocenters. The van der Waals surface area contributed by atoms with E-state index in [2.05, 4.69) is 46.3 Å². The Morgan fingerprint density at radius 3 is 2.32 bits per heavy atom. The Bertz CT molecular complexity index is 1300. The second kappa shape index (κ2) is 10.2. The molecule has 1 fully saturated rings. The third-order valence-electron chi connectivity index (χ3n) is 6.50. The second-order valence-electron chi connectivity index (χ2n) is 8.82. The van der Waals surface area contributed by atoms with Crippen LogP contribution in [0.2, 0.25) is 0 Å². The van der Waals surface area contributed by atoms with Crippen LogP contribution >= 0.6 is 0 Å². The van der Waals surface area contributed by atoms with Gasteiger partial charge >= 0.3 is 0 Å². The lowest BCUT2D eigenvalue weighted by Crippen LogP contribution is -2.38. The molecule has 5 nitrogen and oxygen atoms in total. The van der Waals surface area contributed by atoms with E-state index < -0.39 is 0 Å². The largest absolute Gasteiger partial charge is 0.492 e. The number of hydrogen-bond acceptors (Lipinski definition) is 4. The molecule has 1 aliphatic rings. The van der Waals surface area contributed by atoms with E-state index in [1.807, 2.05) is 43.3 Å². The summed E-state index contributed by atoms with van der Waals surface area (Å²) in [7, 11) is 0. The maximum absolute atomic E-state index is 12.8. The Hall–Kier alpha value is -3.41. The highest BCUT2D eigenvalue weighted by atomic mass is 16.5. The summed E-state index contributed by atoms with van der Waals surface area (Å²) < 4.78 is 11.3. The van der Waals surface area contributed by atoms with Gasteiger partial charge in [-0.25, -0.2) is 0 Å². The number of hydrogen-bond donors (Lipinski definition) is 1. The Kier molecular flexibility index (Phi) is 6.74. The van der Waals surface area contributed by atoms with E-state index in [0.29, 0.717) is 6.61 Å². The number of morpholine rings is 1. The van der Waals surface area contributed by atoms with Crippen LogP contribution in [0.5, 0.6) is 5.75 Å². The highest BCUT2D eigenvalue weighted by molar-refractivity contribution is 5.83. The molecule has 1 aromatic heterocycles. The zero-order valence-electron chi connectivity index (χ0n) is 19.5. The highest BCUT2D eigenvalue weighted by Crippen LogP contribution is 2.23. The van der Waals surface area contributed by atoms with Gasteiger partial charge in [-0.2, -0.15) is 0 Å². The van der Waals surface area contributed by atoms with Crippen LogP contribution in [0.1, 0.15) is 16.7 Å². The fourth-order valence-electron chi connectivity index (χ4n) is 4.47. The molecule has 0 saturated carbocycles. The first-order valence-electron chi connectivity index (χ1n) is 11.9. The van der Waals surface area contributed by atoms with Gasteiger partial charge in [0.15, 0.2) is 5.43 Å². The zero-order valence-corrected chi connectivity index (χ0v) is 19.5. The van der Waals surface area contributed by atoms with Gasteiger partial charge in [0.1, 0.15) is 12.4 Å². The van der Waals surface area contributed by atoms with E-state index >= 15 is 0 Å². The summed E-state index contributed by atoms with van der Waals surface area (Å²) in [6.45, 7) is 7.11. The number of fused-ring (bicyclic) bond motifs is 1. The van der Waals surface area contributed by atoms with Crippen molar-refractivity contribution >= 4 is 10.9 Å². The van der Waals surface area contributed by atoms with Gasteiger partial charge in [0.25, 0.3) is 0 Å². The molecule has 0 amide bonds.